The molecule has 0 spiro atoms. The van der Waals surface area contributed by atoms with E-state index in [-0.39, 0.29) is 5.69 Å². The minimum Gasteiger partial charge on any atom is -0.316 e. The first-order chi connectivity index (χ1) is 8.22. The van der Waals surface area contributed by atoms with Crippen LogP contribution >= 0.6 is 0 Å². The summed E-state index contributed by atoms with van der Waals surface area (Å²) in [4.78, 5) is 10.3. The van der Waals surface area contributed by atoms with E-state index in [4.69, 9.17) is 0 Å². The van der Waals surface area contributed by atoms with Gasteiger partial charge in [0, 0.05) is 31.1 Å². The van der Waals surface area contributed by atoms with Crippen LogP contribution in [-0.2, 0) is 6.54 Å². The zero-order chi connectivity index (χ0) is 12.3. The van der Waals surface area contributed by atoms with Crippen LogP contribution in [0.1, 0.15) is 5.56 Å². The third-order valence-electron chi connectivity index (χ3n) is 2.39. The van der Waals surface area contributed by atoms with E-state index in [1.807, 2.05) is 6.07 Å². The summed E-state index contributed by atoms with van der Waals surface area (Å²) in [7, 11) is 1.80. The number of hydrogen-bond donors (Lipinski definition) is 1. The normalized spacial score (nSPS) is 10.4. The van der Waals surface area contributed by atoms with Crippen LogP contribution in [0.5, 0.6) is 0 Å². The molecular weight excluding hydrogens is 220 g/mol. The molecule has 1 N–H and O–H groups in total. The Morgan fingerprint density at radius 2 is 2.35 bits per heavy atom. The minimum absolute atomic E-state index is 0.0890. The zero-order valence-corrected chi connectivity index (χ0v) is 9.33. The maximum atomic E-state index is 10.7. The molecule has 2 aromatic rings. The second-order valence-electron chi connectivity index (χ2n) is 3.55. The van der Waals surface area contributed by atoms with Gasteiger partial charge in [-0.25, -0.2) is 4.68 Å². The Kier molecular flexibility index (Phi) is 3.15. The van der Waals surface area contributed by atoms with E-state index in [1.165, 1.54) is 6.07 Å². The smallest absolute Gasteiger partial charge is 0.269 e. The average Bonchev–Trinajstić information content (AvgIpc) is 2.82. The van der Waals surface area contributed by atoms with Crippen LogP contribution in [0.25, 0.3) is 5.69 Å². The number of rotatable bonds is 4. The molecule has 0 atom stereocenters. The van der Waals surface area contributed by atoms with Crippen molar-refractivity contribution in [3.63, 3.8) is 0 Å². The van der Waals surface area contributed by atoms with Gasteiger partial charge in [0.15, 0.2) is 0 Å². The van der Waals surface area contributed by atoms with Crippen LogP contribution in [0.3, 0.4) is 0 Å². The molecule has 0 unspecified atom stereocenters. The summed E-state index contributed by atoms with van der Waals surface area (Å²) in [5.74, 6) is 0. The third kappa shape index (κ3) is 2.31. The first-order valence-electron chi connectivity index (χ1n) is 5.14. The lowest BCUT2D eigenvalue weighted by Gasteiger charge is -2.08. The fourth-order valence-corrected chi connectivity index (χ4v) is 1.65. The van der Waals surface area contributed by atoms with Crippen LogP contribution in [0, 0.1) is 10.1 Å². The number of hydrogen-bond acceptors (Lipinski definition) is 4. The largest absolute Gasteiger partial charge is 0.316 e. The van der Waals surface area contributed by atoms with E-state index in [9.17, 15) is 10.1 Å². The lowest BCUT2D eigenvalue weighted by atomic mass is 10.1. The molecule has 0 saturated heterocycles. The average molecular weight is 232 g/mol. The lowest BCUT2D eigenvalue weighted by Crippen LogP contribution is -2.10. The Bertz CT molecular complexity index is 522. The first kappa shape index (κ1) is 11.3. The molecular formula is C11H12N4O2. The highest BCUT2D eigenvalue weighted by Gasteiger charge is 2.11. The van der Waals surface area contributed by atoms with Gasteiger partial charge in [-0.05, 0) is 24.7 Å². The monoisotopic (exact) mass is 232 g/mol. The highest BCUT2D eigenvalue weighted by Crippen LogP contribution is 2.20. The predicted octanol–water partition coefficient (Wildman–Crippen LogP) is 1.50. The summed E-state index contributed by atoms with van der Waals surface area (Å²) in [5.41, 5.74) is 1.77. The van der Waals surface area contributed by atoms with E-state index in [0.717, 1.165) is 11.3 Å². The number of aromatic nitrogens is 2. The van der Waals surface area contributed by atoms with Crippen LogP contribution in [0.2, 0.25) is 0 Å². The number of nitrogens with zero attached hydrogens (tertiary/aromatic N) is 3. The number of benzene rings is 1. The summed E-state index contributed by atoms with van der Waals surface area (Å²) >= 11 is 0. The second kappa shape index (κ2) is 4.75. The van der Waals surface area contributed by atoms with Gasteiger partial charge in [-0.2, -0.15) is 5.10 Å². The zero-order valence-electron chi connectivity index (χ0n) is 9.33. The van der Waals surface area contributed by atoms with Gasteiger partial charge in [-0.15, -0.1) is 0 Å². The first-order valence-corrected chi connectivity index (χ1v) is 5.14. The van der Waals surface area contributed by atoms with Crippen molar-refractivity contribution >= 4 is 5.69 Å². The molecule has 88 valence electrons. The Morgan fingerprint density at radius 3 is 2.94 bits per heavy atom. The molecule has 1 heterocycles. The highest BCUT2D eigenvalue weighted by molar-refractivity contribution is 5.48. The van der Waals surface area contributed by atoms with Crippen molar-refractivity contribution in [1.29, 1.82) is 0 Å². The molecule has 1 aromatic carbocycles. The van der Waals surface area contributed by atoms with E-state index >= 15 is 0 Å². The van der Waals surface area contributed by atoms with Crippen molar-refractivity contribution in [3.05, 3.63) is 52.3 Å². The predicted molar refractivity (Wildman–Crippen MR) is 63.0 cm³/mol. The molecule has 6 nitrogen and oxygen atoms in total. The molecule has 6 heteroatoms. The minimum atomic E-state index is -0.397. The van der Waals surface area contributed by atoms with E-state index in [1.54, 1.807) is 36.3 Å². The molecule has 0 radical (unpaired) electrons. The number of nitro benzene ring substituents is 1. The summed E-state index contributed by atoms with van der Waals surface area (Å²) < 4.78 is 1.69. The van der Waals surface area contributed by atoms with Crippen molar-refractivity contribution in [3.8, 4) is 5.69 Å². The number of non-ortho nitro benzene ring substituents is 1. The SMILES string of the molecule is CNCc1cc([N+](=O)[O-])ccc1-n1cccn1. The topological polar surface area (TPSA) is 73.0 Å². The Hall–Kier alpha value is -2.21. The molecule has 17 heavy (non-hydrogen) atoms. The van der Waals surface area contributed by atoms with Crippen LogP contribution in [0.15, 0.2) is 36.7 Å². The van der Waals surface area contributed by atoms with Crippen LogP contribution in [-0.4, -0.2) is 21.8 Å². The fraction of sp³-hybridized carbons (Fsp3) is 0.182. The van der Waals surface area contributed by atoms with Crippen molar-refractivity contribution in [2.45, 2.75) is 6.54 Å². The molecule has 0 aliphatic carbocycles. The summed E-state index contributed by atoms with van der Waals surface area (Å²) in [6.07, 6.45) is 3.48. The highest BCUT2D eigenvalue weighted by atomic mass is 16.6. The van der Waals surface area contributed by atoms with E-state index in [2.05, 4.69) is 10.4 Å². The van der Waals surface area contributed by atoms with Gasteiger partial charge in [0.05, 0.1) is 10.6 Å². The van der Waals surface area contributed by atoms with Gasteiger partial charge in [0.2, 0.25) is 0 Å². The Morgan fingerprint density at radius 1 is 1.53 bits per heavy atom. The quantitative estimate of drug-likeness (QED) is 0.640. The molecule has 0 fully saturated rings. The Labute approximate surface area is 98.0 Å². The van der Waals surface area contributed by atoms with E-state index in [0.29, 0.717) is 6.54 Å². The maximum absolute atomic E-state index is 10.7. The summed E-state index contributed by atoms with van der Waals surface area (Å²) in [6, 6.07) is 6.56. The standard InChI is InChI=1S/C11H12N4O2/c1-12-8-9-7-10(15(16)17)3-4-11(9)14-6-2-5-13-14/h2-7,12H,8H2,1H3. The summed E-state index contributed by atoms with van der Waals surface area (Å²) in [6.45, 7) is 0.552. The second-order valence-corrected chi connectivity index (χ2v) is 3.55. The number of nitro groups is 1. The van der Waals surface area contributed by atoms with Crippen molar-refractivity contribution in [1.82, 2.24) is 15.1 Å². The maximum Gasteiger partial charge on any atom is 0.269 e. The van der Waals surface area contributed by atoms with Crippen molar-refractivity contribution in [2.24, 2.45) is 0 Å². The third-order valence-corrected chi connectivity index (χ3v) is 2.39. The van der Waals surface area contributed by atoms with Gasteiger partial charge < -0.3 is 5.32 Å². The van der Waals surface area contributed by atoms with Crippen LogP contribution < -0.4 is 5.32 Å². The molecule has 0 aliphatic heterocycles. The van der Waals surface area contributed by atoms with Crippen molar-refractivity contribution in [2.75, 3.05) is 7.05 Å². The van der Waals surface area contributed by atoms with Gasteiger partial charge in [-0.3, -0.25) is 10.1 Å². The van der Waals surface area contributed by atoms with Gasteiger partial charge in [-0.1, -0.05) is 0 Å². The molecule has 0 saturated carbocycles. The molecule has 0 aliphatic rings. The van der Waals surface area contributed by atoms with Gasteiger partial charge >= 0.3 is 0 Å². The molecule has 2 rings (SSSR count). The molecule has 0 bridgehead atoms. The lowest BCUT2D eigenvalue weighted by molar-refractivity contribution is -0.384. The van der Waals surface area contributed by atoms with E-state index < -0.39 is 4.92 Å². The number of nitrogens with one attached hydrogen (secondary N) is 1. The Balaban J connectivity index is 2.48. The summed E-state index contributed by atoms with van der Waals surface area (Å²) in [5, 5.41) is 17.8. The van der Waals surface area contributed by atoms with Crippen molar-refractivity contribution < 1.29 is 4.92 Å². The molecule has 0 amide bonds. The molecule has 1 aromatic heterocycles. The van der Waals surface area contributed by atoms with Gasteiger partial charge in [0.1, 0.15) is 0 Å². The van der Waals surface area contributed by atoms with Gasteiger partial charge in [0.25, 0.3) is 5.69 Å². The fourth-order valence-electron chi connectivity index (χ4n) is 1.65. The van der Waals surface area contributed by atoms with Crippen LogP contribution in [0.4, 0.5) is 5.69 Å².